The number of halogens is 1. The summed E-state index contributed by atoms with van der Waals surface area (Å²) in [5.74, 6) is -0.307. The van der Waals surface area contributed by atoms with Gasteiger partial charge in [-0.25, -0.2) is 4.39 Å². The van der Waals surface area contributed by atoms with Gasteiger partial charge in [0.15, 0.2) is 0 Å². The Kier molecular flexibility index (Phi) is 3.20. The van der Waals surface area contributed by atoms with Crippen LogP contribution in [0.15, 0.2) is 30.9 Å². The Labute approximate surface area is 77.5 Å². The van der Waals surface area contributed by atoms with Crippen LogP contribution < -0.4 is 0 Å². The number of aryl methyl sites for hydroxylation is 1. The second-order valence-corrected chi connectivity index (χ2v) is 3.10. The third-order valence-electron chi connectivity index (χ3n) is 1.84. The maximum absolute atomic E-state index is 12.9. The second kappa shape index (κ2) is 4.19. The predicted octanol–water partition coefficient (Wildman–Crippen LogP) is 2.74. The van der Waals surface area contributed by atoms with Crippen molar-refractivity contribution < 1.29 is 9.50 Å². The van der Waals surface area contributed by atoms with E-state index < -0.39 is 6.10 Å². The Hall–Kier alpha value is -1.15. The maximum Gasteiger partial charge on any atom is 0.123 e. The van der Waals surface area contributed by atoms with Crippen LogP contribution in [0, 0.1) is 12.7 Å². The molecule has 1 aromatic rings. The number of benzene rings is 1. The van der Waals surface area contributed by atoms with E-state index in [4.69, 9.17) is 0 Å². The van der Waals surface area contributed by atoms with Crippen LogP contribution in [0.2, 0.25) is 0 Å². The van der Waals surface area contributed by atoms with Crippen molar-refractivity contribution in [1.29, 1.82) is 0 Å². The third kappa shape index (κ3) is 2.67. The fraction of sp³-hybridized carbons (Fsp3) is 0.273. The lowest BCUT2D eigenvalue weighted by molar-refractivity contribution is 0.181. The standard InChI is InChI=1S/C11H13FO/c1-3-4-11(13)9-5-8(2)6-10(12)7-9/h3,5-7,11,13H,1,4H2,2H3. The van der Waals surface area contributed by atoms with Gasteiger partial charge in [-0.05, 0) is 36.6 Å². The first-order valence-corrected chi connectivity index (χ1v) is 4.19. The van der Waals surface area contributed by atoms with E-state index in [1.54, 1.807) is 19.1 Å². The minimum Gasteiger partial charge on any atom is -0.388 e. The molecular weight excluding hydrogens is 167 g/mol. The van der Waals surface area contributed by atoms with Crippen molar-refractivity contribution >= 4 is 0 Å². The van der Waals surface area contributed by atoms with Gasteiger partial charge in [-0.15, -0.1) is 6.58 Å². The van der Waals surface area contributed by atoms with Crippen LogP contribution in [0.4, 0.5) is 4.39 Å². The molecule has 1 rings (SSSR count). The number of aliphatic hydroxyl groups is 1. The van der Waals surface area contributed by atoms with E-state index in [2.05, 4.69) is 6.58 Å². The summed E-state index contributed by atoms with van der Waals surface area (Å²) in [5, 5.41) is 9.53. The molecule has 0 saturated heterocycles. The molecule has 1 atom stereocenters. The highest BCUT2D eigenvalue weighted by molar-refractivity contribution is 5.25. The van der Waals surface area contributed by atoms with E-state index in [0.717, 1.165) is 5.56 Å². The average Bonchev–Trinajstić information content (AvgIpc) is 2.03. The average molecular weight is 180 g/mol. The molecule has 0 amide bonds. The summed E-state index contributed by atoms with van der Waals surface area (Å²) in [4.78, 5) is 0. The molecule has 0 bridgehead atoms. The highest BCUT2D eigenvalue weighted by atomic mass is 19.1. The van der Waals surface area contributed by atoms with Gasteiger partial charge in [0.25, 0.3) is 0 Å². The van der Waals surface area contributed by atoms with Gasteiger partial charge >= 0.3 is 0 Å². The first-order chi connectivity index (χ1) is 6.13. The van der Waals surface area contributed by atoms with Crippen LogP contribution in [0.1, 0.15) is 23.7 Å². The lowest BCUT2D eigenvalue weighted by atomic mass is 10.0. The summed E-state index contributed by atoms with van der Waals surface area (Å²) >= 11 is 0. The molecule has 1 N–H and O–H groups in total. The Morgan fingerprint density at radius 3 is 2.77 bits per heavy atom. The highest BCUT2D eigenvalue weighted by Gasteiger charge is 2.06. The fourth-order valence-electron chi connectivity index (χ4n) is 1.25. The second-order valence-electron chi connectivity index (χ2n) is 3.10. The molecule has 0 saturated carbocycles. The smallest absolute Gasteiger partial charge is 0.123 e. The Bertz CT molecular complexity index is 287. The van der Waals surface area contributed by atoms with Crippen molar-refractivity contribution in [3.8, 4) is 0 Å². The zero-order chi connectivity index (χ0) is 9.84. The quantitative estimate of drug-likeness (QED) is 0.709. The molecule has 0 aromatic heterocycles. The van der Waals surface area contributed by atoms with E-state index in [0.29, 0.717) is 12.0 Å². The van der Waals surface area contributed by atoms with Crippen molar-refractivity contribution in [3.63, 3.8) is 0 Å². The largest absolute Gasteiger partial charge is 0.388 e. The zero-order valence-corrected chi connectivity index (χ0v) is 7.63. The molecule has 2 heteroatoms. The van der Waals surface area contributed by atoms with Crippen molar-refractivity contribution in [3.05, 3.63) is 47.8 Å². The molecule has 0 spiro atoms. The summed E-state index contributed by atoms with van der Waals surface area (Å²) in [6.07, 6.45) is 1.42. The van der Waals surface area contributed by atoms with E-state index in [-0.39, 0.29) is 5.82 Å². The molecule has 0 fully saturated rings. The van der Waals surface area contributed by atoms with Gasteiger partial charge in [0.2, 0.25) is 0 Å². The Morgan fingerprint density at radius 2 is 2.23 bits per heavy atom. The molecule has 1 nitrogen and oxygen atoms in total. The molecule has 1 unspecified atom stereocenters. The molecular formula is C11H13FO. The number of hydrogen-bond acceptors (Lipinski definition) is 1. The normalized spacial score (nSPS) is 12.5. The molecule has 0 aliphatic carbocycles. The molecule has 0 radical (unpaired) electrons. The summed E-state index contributed by atoms with van der Waals surface area (Å²) in [6, 6.07) is 4.56. The minimum atomic E-state index is -0.646. The van der Waals surface area contributed by atoms with E-state index in [1.165, 1.54) is 12.1 Å². The van der Waals surface area contributed by atoms with Gasteiger partial charge in [-0.2, -0.15) is 0 Å². The maximum atomic E-state index is 12.9. The first-order valence-electron chi connectivity index (χ1n) is 4.19. The summed E-state index contributed by atoms with van der Waals surface area (Å²) in [6.45, 7) is 5.32. The monoisotopic (exact) mass is 180 g/mol. The topological polar surface area (TPSA) is 20.2 Å². The molecule has 70 valence electrons. The van der Waals surface area contributed by atoms with Crippen LogP contribution in [0.5, 0.6) is 0 Å². The van der Waals surface area contributed by atoms with E-state index >= 15 is 0 Å². The molecule has 0 heterocycles. The third-order valence-corrected chi connectivity index (χ3v) is 1.84. The SMILES string of the molecule is C=CCC(O)c1cc(C)cc(F)c1. The lowest BCUT2D eigenvalue weighted by Crippen LogP contribution is -1.97. The van der Waals surface area contributed by atoms with Crippen molar-refractivity contribution in [2.75, 3.05) is 0 Å². The summed E-state index contributed by atoms with van der Waals surface area (Å²) in [5.41, 5.74) is 1.43. The van der Waals surface area contributed by atoms with E-state index in [1.807, 2.05) is 0 Å². The van der Waals surface area contributed by atoms with Crippen LogP contribution in [-0.4, -0.2) is 5.11 Å². The Balaban J connectivity index is 2.93. The lowest BCUT2D eigenvalue weighted by Gasteiger charge is -2.09. The summed E-state index contributed by atoms with van der Waals surface area (Å²) in [7, 11) is 0. The summed E-state index contributed by atoms with van der Waals surface area (Å²) < 4.78 is 12.9. The van der Waals surface area contributed by atoms with Gasteiger partial charge < -0.3 is 5.11 Å². The van der Waals surface area contributed by atoms with Gasteiger partial charge in [0, 0.05) is 0 Å². The van der Waals surface area contributed by atoms with Crippen LogP contribution in [-0.2, 0) is 0 Å². The molecule has 1 aromatic carbocycles. The zero-order valence-electron chi connectivity index (χ0n) is 7.63. The predicted molar refractivity (Wildman–Crippen MR) is 50.9 cm³/mol. The van der Waals surface area contributed by atoms with Crippen molar-refractivity contribution in [1.82, 2.24) is 0 Å². The first kappa shape index (κ1) is 9.93. The number of hydrogen-bond donors (Lipinski definition) is 1. The number of rotatable bonds is 3. The molecule has 0 aliphatic heterocycles. The van der Waals surface area contributed by atoms with Crippen LogP contribution in [0.25, 0.3) is 0 Å². The number of aliphatic hydroxyl groups excluding tert-OH is 1. The van der Waals surface area contributed by atoms with Crippen molar-refractivity contribution in [2.45, 2.75) is 19.4 Å². The molecule has 0 aliphatic rings. The van der Waals surface area contributed by atoms with Crippen LogP contribution in [0.3, 0.4) is 0 Å². The highest BCUT2D eigenvalue weighted by Crippen LogP contribution is 2.19. The van der Waals surface area contributed by atoms with Gasteiger partial charge in [0.05, 0.1) is 6.10 Å². The minimum absolute atomic E-state index is 0.307. The van der Waals surface area contributed by atoms with Gasteiger partial charge in [0.1, 0.15) is 5.82 Å². The van der Waals surface area contributed by atoms with Gasteiger partial charge in [-0.3, -0.25) is 0 Å². The van der Waals surface area contributed by atoms with Crippen molar-refractivity contribution in [2.24, 2.45) is 0 Å². The van der Waals surface area contributed by atoms with Gasteiger partial charge in [-0.1, -0.05) is 12.1 Å². The Morgan fingerprint density at radius 1 is 1.54 bits per heavy atom. The van der Waals surface area contributed by atoms with Crippen LogP contribution >= 0.6 is 0 Å². The van der Waals surface area contributed by atoms with E-state index in [9.17, 15) is 9.50 Å². The molecule has 13 heavy (non-hydrogen) atoms. The fourth-order valence-corrected chi connectivity index (χ4v) is 1.25.